The molecule has 3 rings (SSSR count). The van der Waals surface area contributed by atoms with Gasteiger partial charge in [0, 0.05) is 23.7 Å². The molecule has 0 spiro atoms. The van der Waals surface area contributed by atoms with E-state index < -0.39 is 0 Å². The highest BCUT2D eigenvalue weighted by Gasteiger charge is 2.16. The zero-order valence-electron chi connectivity index (χ0n) is 17.1. The highest BCUT2D eigenvalue weighted by Crippen LogP contribution is 2.25. The van der Waals surface area contributed by atoms with E-state index in [1.165, 1.54) is 6.92 Å². The number of fused-ring (bicyclic) bond motifs is 1. The van der Waals surface area contributed by atoms with Gasteiger partial charge in [0.2, 0.25) is 5.91 Å². The smallest absolute Gasteiger partial charge is 0.252 e. The summed E-state index contributed by atoms with van der Waals surface area (Å²) < 4.78 is 5.46. The molecule has 6 heteroatoms. The first kappa shape index (κ1) is 20.3. The maximum absolute atomic E-state index is 13.1. The lowest BCUT2D eigenvalue weighted by Crippen LogP contribution is -2.27. The number of pyridine rings is 1. The monoisotopic (exact) mass is 391 g/mol. The topological polar surface area (TPSA) is 80.3 Å². The quantitative estimate of drug-likeness (QED) is 0.653. The van der Waals surface area contributed by atoms with Crippen molar-refractivity contribution in [3.8, 4) is 5.75 Å². The van der Waals surface area contributed by atoms with Crippen molar-refractivity contribution in [1.29, 1.82) is 0 Å². The van der Waals surface area contributed by atoms with Crippen molar-refractivity contribution in [3.63, 3.8) is 0 Å². The Bertz CT molecular complexity index is 1050. The van der Waals surface area contributed by atoms with Gasteiger partial charge in [0.15, 0.2) is 0 Å². The minimum absolute atomic E-state index is 0.198. The van der Waals surface area contributed by atoms with Crippen molar-refractivity contribution < 1.29 is 14.3 Å². The molecular formula is C23H25N3O3. The van der Waals surface area contributed by atoms with Gasteiger partial charge in [0.05, 0.1) is 23.7 Å². The van der Waals surface area contributed by atoms with Crippen LogP contribution < -0.4 is 15.4 Å². The molecular weight excluding hydrogens is 366 g/mol. The number of amides is 2. The van der Waals surface area contributed by atoms with Crippen LogP contribution in [-0.4, -0.2) is 23.4 Å². The van der Waals surface area contributed by atoms with E-state index in [0.29, 0.717) is 23.4 Å². The molecule has 0 fully saturated rings. The summed E-state index contributed by atoms with van der Waals surface area (Å²) >= 11 is 0. The van der Waals surface area contributed by atoms with Crippen molar-refractivity contribution in [3.05, 3.63) is 65.4 Å². The first-order valence-corrected chi connectivity index (χ1v) is 9.60. The van der Waals surface area contributed by atoms with Crippen molar-refractivity contribution in [1.82, 2.24) is 10.3 Å². The van der Waals surface area contributed by atoms with E-state index in [-0.39, 0.29) is 17.9 Å². The third kappa shape index (κ3) is 4.90. The maximum Gasteiger partial charge on any atom is 0.252 e. The number of carbonyl (C=O) groups excluding carboxylic acids is 2. The van der Waals surface area contributed by atoms with Crippen LogP contribution in [0.5, 0.6) is 5.75 Å². The van der Waals surface area contributed by atoms with E-state index in [4.69, 9.17) is 4.74 Å². The summed E-state index contributed by atoms with van der Waals surface area (Å²) in [7, 11) is 0. The first-order valence-electron chi connectivity index (χ1n) is 9.60. The number of aryl methyl sites for hydroxylation is 1. The molecule has 1 heterocycles. The van der Waals surface area contributed by atoms with Crippen LogP contribution in [0.25, 0.3) is 10.9 Å². The summed E-state index contributed by atoms with van der Waals surface area (Å²) in [6, 6.07) is 14.7. The molecule has 0 unspecified atom stereocenters. The largest absolute Gasteiger partial charge is 0.494 e. The molecule has 2 aromatic carbocycles. The van der Waals surface area contributed by atoms with E-state index >= 15 is 0 Å². The number of hydrogen-bond donors (Lipinski definition) is 2. The first-order chi connectivity index (χ1) is 13.9. The number of nitrogens with zero attached hydrogens (tertiary/aromatic N) is 1. The zero-order valence-corrected chi connectivity index (χ0v) is 17.1. The van der Waals surface area contributed by atoms with Crippen LogP contribution in [0.4, 0.5) is 5.69 Å². The Balaban J connectivity index is 1.89. The van der Waals surface area contributed by atoms with Gasteiger partial charge in [-0.05, 0) is 56.7 Å². The number of carbonyl (C=O) groups is 2. The van der Waals surface area contributed by atoms with Crippen LogP contribution in [0.1, 0.15) is 48.4 Å². The number of benzene rings is 2. The molecule has 29 heavy (non-hydrogen) atoms. The Morgan fingerprint density at radius 2 is 1.83 bits per heavy atom. The lowest BCUT2D eigenvalue weighted by Gasteiger charge is -2.17. The Kier molecular flexibility index (Phi) is 6.12. The molecule has 0 aliphatic heterocycles. The number of nitrogens with one attached hydrogen (secondary N) is 2. The van der Waals surface area contributed by atoms with Gasteiger partial charge in [-0.3, -0.25) is 14.6 Å². The van der Waals surface area contributed by atoms with Crippen molar-refractivity contribution in [2.45, 2.75) is 33.7 Å². The summed E-state index contributed by atoms with van der Waals surface area (Å²) in [6.45, 7) is 7.79. The van der Waals surface area contributed by atoms with Crippen LogP contribution >= 0.6 is 0 Å². The molecule has 3 aromatic rings. The van der Waals surface area contributed by atoms with Gasteiger partial charge in [-0.1, -0.05) is 18.2 Å². The number of hydrogen-bond acceptors (Lipinski definition) is 4. The average Bonchev–Trinajstić information content (AvgIpc) is 2.67. The maximum atomic E-state index is 13.1. The normalized spacial score (nSPS) is 11.7. The van der Waals surface area contributed by atoms with E-state index in [1.54, 1.807) is 12.1 Å². The van der Waals surface area contributed by atoms with Crippen LogP contribution in [0.3, 0.4) is 0 Å². The summed E-state index contributed by atoms with van der Waals surface area (Å²) in [5.41, 5.74) is 3.48. The second-order valence-corrected chi connectivity index (χ2v) is 6.92. The molecule has 2 amide bonds. The second-order valence-electron chi connectivity index (χ2n) is 6.92. The van der Waals surface area contributed by atoms with E-state index in [2.05, 4.69) is 15.6 Å². The molecule has 0 radical (unpaired) electrons. The van der Waals surface area contributed by atoms with Gasteiger partial charge in [-0.25, -0.2) is 0 Å². The Labute approximate surface area is 170 Å². The van der Waals surface area contributed by atoms with Crippen LogP contribution in [0.2, 0.25) is 0 Å². The van der Waals surface area contributed by atoms with Crippen molar-refractivity contribution in [2.24, 2.45) is 0 Å². The van der Waals surface area contributed by atoms with Gasteiger partial charge in [0.25, 0.3) is 5.91 Å². The van der Waals surface area contributed by atoms with Gasteiger partial charge in [-0.15, -0.1) is 0 Å². The fourth-order valence-corrected chi connectivity index (χ4v) is 3.18. The van der Waals surface area contributed by atoms with E-state index in [0.717, 1.165) is 22.4 Å². The Morgan fingerprint density at radius 1 is 1.10 bits per heavy atom. The summed E-state index contributed by atoms with van der Waals surface area (Å²) in [5.74, 6) is 0.366. The highest BCUT2D eigenvalue weighted by molar-refractivity contribution is 6.08. The van der Waals surface area contributed by atoms with Gasteiger partial charge in [0.1, 0.15) is 5.75 Å². The van der Waals surface area contributed by atoms with Crippen LogP contribution in [0.15, 0.2) is 48.5 Å². The Hall–Kier alpha value is -3.41. The molecule has 150 valence electrons. The molecule has 0 saturated carbocycles. The predicted octanol–water partition coefficient (Wildman–Crippen LogP) is 4.39. The standard InChI is InChI=1S/C23H25N3O3/c1-5-29-19-9-7-17(8-10-19)15(3)25-23(28)21-12-18(26-16(4)27)13-22-20(21)11-6-14(2)24-22/h6-13,15H,5H2,1-4H3,(H,25,28)(H,26,27)/t15-/m1/s1. The van der Waals surface area contributed by atoms with E-state index in [9.17, 15) is 9.59 Å². The zero-order chi connectivity index (χ0) is 21.0. The molecule has 0 aliphatic carbocycles. The number of aromatic nitrogens is 1. The highest BCUT2D eigenvalue weighted by atomic mass is 16.5. The molecule has 6 nitrogen and oxygen atoms in total. The number of anilines is 1. The minimum Gasteiger partial charge on any atom is -0.494 e. The third-order valence-corrected chi connectivity index (χ3v) is 4.55. The average molecular weight is 391 g/mol. The van der Waals surface area contributed by atoms with Gasteiger partial charge in [-0.2, -0.15) is 0 Å². The molecule has 0 saturated heterocycles. The molecule has 2 N–H and O–H groups in total. The Morgan fingerprint density at radius 3 is 2.48 bits per heavy atom. The SMILES string of the molecule is CCOc1ccc([C@@H](C)NC(=O)c2cc(NC(C)=O)cc3nc(C)ccc23)cc1. The molecule has 1 aromatic heterocycles. The third-order valence-electron chi connectivity index (χ3n) is 4.55. The molecule has 0 aliphatic rings. The minimum atomic E-state index is -0.228. The van der Waals surface area contributed by atoms with Gasteiger partial charge >= 0.3 is 0 Å². The predicted molar refractivity (Wildman–Crippen MR) is 114 cm³/mol. The fraction of sp³-hybridized carbons (Fsp3) is 0.261. The molecule has 1 atom stereocenters. The molecule has 0 bridgehead atoms. The lowest BCUT2D eigenvalue weighted by atomic mass is 10.0. The van der Waals surface area contributed by atoms with Gasteiger partial charge < -0.3 is 15.4 Å². The lowest BCUT2D eigenvalue weighted by molar-refractivity contribution is -0.114. The fourth-order valence-electron chi connectivity index (χ4n) is 3.18. The van der Waals surface area contributed by atoms with Crippen molar-refractivity contribution in [2.75, 3.05) is 11.9 Å². The summed E-state index contributed by atoms with van der Waals surface area (Å²) in [4.78, 5) is 29.1. The second kappa shape index (κ2) is 8.73. The van der Waals surface area contributed by atoms with Crippen LogP contribution in [0, 0.1) is 6.92 Å². The number of rotatable bonds is 6. The van der Waals surface area contributed by atoms with E-state index in [1.807, 2.05) is 57.2 Å². The van der Waals surface area contributed by atoms with Crippen molar-refractivity contribution >= 4 is 28.4 Å². The number of ether oxygens (including phenoxy) is 1. The van der Waals surface area contributed by atoms with Crippen LogP contribution in [-0.2, 0) is 4.79 Å². The summed E-state index contributed by atoms with van der Waals surface area (Å²) in [5, 5.41) is 6.51. The summed E-state index contributed by atoms with van der Waals surface area (Å²) in [6.07, 6.45) is 0.